The Morgan fingerprint density at radius 3 is 2.86 bits per heavy atom. The number of nitrogens with one attached hydrogen (secondary N) is 1. The summed E-state index contributed by atoms with van der Waals surface area (Å²) in [6.45, 7) is 2.01. The molecule has 1 atom stereocenters. The molecule has 0 spiro atoms. The Kier molecular flexibility index (Phi) is 5.54. The predicted octanol–water partition coefficient (Wildman–Crippen LogP) is 1.83. The third kappa shape index (κ3) is 4.08. The second kappa shape index (κ2) is 7.60. The van der Waals surface area contributed by atoms with Gasteiger partial charge in [-0.05, 0) is 6.42 Å². The van der Waals surface area contributed by atoms with Gasteiger partial charge in [0.15, 0.2) is 0 Å². The summed E-state index contributed by atoms with van der Waals surface area (Å²) in [5, 5.41) is 13.9. The summed E-state index contributed by atoms with van der Waals surface area (Å²) in [6.07, 6.45) is 5.96. The molecule has 0 saturated heterocycles. The monoisotopic (exact) mass is 320 g/mol. The van der Waals surface area contributed by atoms with E-state index in [4.69, 9.17) is 5.11 Å². The number of carboxylic acids is 1. The fourth-order valence-corrected chi connectivity index (χ4v) is 2.63. The molecule has 7 nitrogen and oxygen atoms in total. The number of hydrogen-bond acceptors (Lipinski definition) is 6. The molecule has 116 valence electrons. The van der Waals surface area contributed by atoms with Crippen LogP contribution in [0.2, 0.25) is 0 Å². The van der Waals surface area contributed by atoms with E-state index in [0.717, 1.165) is 6.42 Å². The van der Waals surface area contributed by atoms with Gasteiger partial charge in [0.2, 0.25) is 0 Å². The number of rotatable bonds is 7. The molecule has 2 heterocycles. The Bertz CT molecular complexity index is 645. The number of nitrogens with zero attached hydrogens (tertiary/aromatic N) is 3. The number of thiazole rings is 1. The fraction of sp³-hybridized carbons (Fsp3) is 0.357. The van der Waals surface area contributed by atoms with Crippen LogP contribution in [-0.4, -0.2) is 38.5 Å². The first kappa shape index (κ1) is 16.0. The Morgan fingerprint density at radius 1 is 1.41 bits per heavy atom. The van der Waals surface area contributed by atoms with E-state index in [-0.39, 0.29) is 18.1 Å². The standard InChI is InChI=1S/C14H16N4O3S/c1-2-3-9(14(20)21)6-17-12(19)11-8-22-13(18-11)10-7-15-4-5-16-10/h4-5,7-9H,2-3,6H2,1H3,(H,17,19)(H,20,21). The van der Waals surface area contributed by atoms with Crippen LogP contribution in [0.3, 0.4) is 0 Å². The van der Waals surface area contributed by atoms with Crippen LogP contribution in [0.1, 0.15) is 30.3 Å². The number of carbonyl (C=O) groups is 2. The molecule has 0 fully saturated rings. The minimum atomic E-state index is -0.902. The van der Waals surface area contributed by atoms with Gasteiger partial charge in [-0.25, -0.2) is 4.98 Å². The van der Waals surface area contributed by atoms with E-state index in [1.165, 1.54) is 11.3 Å². The number of carboxylic acid groups (broad SMARTS) is 1. The summed E-state index contributed by atoms with van der Waals surface area (Å²) in [5.41, 5.74) is 0.854. The van der Waals surface area contributed by atoms with Gasteiger partial charge in [-0.2, -0.15) is 0 Å². The summed E-state index contributed by atoms with van der Waals surface area (Å²) in [7, 11) is 0. The minimum Gasteiger partial charge on any atom is -0.481 e. The molecule has 0 radical (unpaired) electrons. The first-order valence-corrected chi connectivity index (χ1v) is 7.72. The average molecular weight is 320 g/mol. The predicted molar refractivity (Wildman–Crippen MR) is 81.5 cm³/mol. The second-order valence-electron chi connectivity index (χ2n) is 4.66. The normalized spacial score (nSPS) is 11.9. The molecule has 0 aromatic carbocycles. The number of hydrogen-bond donors (Lipinski definition) is 2. The van der Waals surface area contributed by atoms with Gasteiger partial charge in [0.05, 0.1) is 12.1 Å². The third-order valence-corrected chi connectivity index (χ3v) is 3.88. The second-order valence-corrected chi connectivity index (χ2v) is 5.52. The first-order valence-electron chi connectivity index (χ1n) is 6.84. The van der Waals surface area contributed by atoms with Crippen LogP contribution in [0.15, 0.2) is 24.0 Å². The first-order chi connectivity index (χ1) is 10.6. The third-order valence-electron chi connectivity index (χ3n) is 3.01. The highest BCUT2D eigenvalue weighted by molar-refractivity contribution is 7.13. The summed E-state index contributed by atoms with van der Waals surface area (Å²) in [6, 6.07) is 0. The van der Waals surface area contributed by atoms with Gasteiger partial charge in [0.25, 0.3) is 5.91 Å². The minimum absolute atomic E-state index is 0.0972. The smallest absolute Gasteiger partial charge is 0.308 e. The van der Waals surface area contributed by atoms with Gasteiger partial charge in [-0.1, -0.05) is 13.3 Å². The summed E-state index contributed by atoms with van der Waals surface area (Å²) in [4.78, 5) is 35.4. The molecule has 1 amide bonds. The molecule has 0 saturated carbocycles. The molecule has 2 aromatic heterocycles. The maximum Gasteiger partial charge on any atom is 0.308 e. The molecule has 2 aromatic rings. The van der Waals surface area contributed by atoms with Crippen molar-refractivity contribution < 1.29 is 14.7 Å². The lowest BCUT2D eigenvalue weighted by Gasteiger charge is -2.11. The summed E-state index contributed by atoms with van der Waals surface area (Å²) in [5.74, 6) is -1.86. The Balaban J connectivity index is 1.99. The van der Waals surface area contributed by atoms with Crippen molar-refractivity contribution in [3.8, 4) is 10.7 Å². The molecule has 0 aliphatic carbocycles. The van der Waals surface area contributed by atoms with Crippen LogP contribution in [0.4, 0.5) is 0 Å². The SMILES string of the molecule is CCCC(CNC(=O)c1csc(-c2cnccn2)n1)C(=O)O. The molecule has 0 bridgehead atoms. The lowest BCUT2D eigenvalue weighted by Crippen LogP contribution is -2.33. The van der Waals surface area contributed by atoms with E-state index < -0.39 is 11.9 Å². The fourth-order valence-electron chi connectivity index (χ4n) is 1.87. The number of carbonyl (C=O) groups excluding carboxylic acids is 1. The molecular formula is C14H16N4O3S. The van der Waals surface area contributed by atoms with Gasteiger partial charge >= 0.3 is 5.97 Å². The van der Waals surface area contributed by atoms with Gasteiger partial charge < -0.3 is 10.4 Å². The van der Waals surface area contributed by atoms with Crippen LogP contribution in [-0.2, 0) is 4.79 Å². The van der Waals surface area contributed by atoms with Gasteiger partial charge in [-0.3, -0.25) is 19.6 Å². The van der Waals surface area contributed by atoms with E-state index in [0.29, 0.717) is 17.1 Å². The van der Waals surface area contributed by atoms with Crippen LogP contribution >= 0.6 is 11.3 Å². The van der Waals surface area contributed by atoms with Crippen molar-refractivity contribution in [3.63, 3.8) is 0 Å². The van der Waals surface area contributed by atoms with Gasteiger partial charge in [0, 0.05) is 24.3 Å². The lowest BCUT2D eigenvalue weighted by atomic mass is 10.0. The zero-order valence-corrected chi connectivity index (χ0v) is 12.8. The largest absolute Gasteiger partial charge is 0.481 e. The highest BCUT2D eigenvalue weighted by Gasteiger charge is 2.19. The van der Waals surface area contributed by atoms with Crippen LogP contribution in [0.25, 0.3) is 10.7 Å². The molecule has 8 heteroatoms. The number of aliphatic carboxylic acids is 1. The van der Waals surface area contributed by atoms with Gasteiger partial charge in [0.1, 0.15) is 16.4 Å². The molecule has 2 N–H and O–H groups in total. The van der Waals surface area contributed by atoms with Crippen molar-refractivity contribution in [2.24, 2.45) is 5.92 Å². The Morgan fingerprint density at radius 2 is 2.23 bits per heavy atom. The lowest BCUT2D eigenvalue weighted by molar-refractivity contribution is -0.141. The maximum absolute atomic E-state index is 12.0. The zero-order chi connectivity index (χ0) is 15.9. The topological polar surface area (TPSA) is 105 Å². The summed E-state index contributed by atoms with van der Waals surface area (Å²) < 4.78 is 0. The van der Waals surface area contributed by atoms with E-state index >= 15 is 0 Å². The van der Waals surface area contributed by atoms with Gasteiger partial charge in [-0.15, -0.1) is 11.3 Å². The van der Waals surface area contributed by atoms with Crippen molar-refractivity contribution in [3.05, 3.63) is 29.7 Å². The van der Waals surface area contributed by atoms with Crippen molar-refractivity contribution in [2.45, 2.75) is 19.8 Å². The molecule has 0 aliphatic heterocycles. The average Bonchev–Trinajstić information content (AvgIpc) is 3.01. The molecule has 2 rings (SSSR count). The van der Waals surface area contributed by atoms with E-state index in [2.05, 4.69) is 20.3 Å². The van der Waals surface area contributed by atoms with Crippen LogP contribution in [0, 0.1) is 5.92 Å². The zero-order valence-electron chi connectivity index (χ0n) is 12.0. The van der Waals surface area contributed by atoms with E-state index in [1.54, 1.807) is 24.0 Å². The highest BCUT2D eigenvalue weighted by Crippen LogP contribution is 2.20. The Labute approximate surface area is 131 Å². The summed E-state index contributed by atoms with van der Waals surface area (Å²) >= 11 is 1.29. The molecule has 0 aliphatic rings. The Hall–Kier alpha value is -2.35. The highest BCUT2D eigenvalue weighted by atomic mass is 32.1. The maximum atomic E-state index is 12.0. The van der Waals surface area contributed by atoms with Crippen LogP contribution < -0.4 is 5.32 Å². The van der Waals surface area contributed by atoms with Crippen molar-refractivity contribution in [2.75, 3.05) is 6.54 Å². The molecule has 22 heavy (non-hydrogen) atoms. The van der Waals surface area contributed by atoms with Crippen molar-refractivity contribution >= 4 is 23.2 Å². The number of amides is 1. The van der Waals surface area contributed by atoms with E-state index in [1.807, 2.05) is 6.92 Å². The van der Waals surface area contributed by atoms with Crippen LogP contribution in [0.5, 0.6) is 0 Å². The molecule has 1 unspecified atom stereocenters. The quantitative estimate of drug-likeness (QED) is 0.806. The van der Waals surface area contributed by atoms with Crippen molar-refractivity contribution in [1.29, 1.82) is 0 Å². The van der Waals surface area contributed by atoms with Crippen molar-refractivity contribution in [1.82, 2.24) is 20.3 Å². The van der Waals surface area contributed by atoms with E-state index in [9.17, 15) is 9.59 Å². The number of aromatic nitrogens is 3. The molecular weight excluding hydrogens is 304 g/mol.